The summed E-state index contributed by atoms with van der Waals surface area (Å²) in [4.78, 5) is 1.16. The molecule has 18 heavy (non-hydrogen) atoms. The first-order chi connectivity index (χ1) is 8.44. The van der Waals surface area contributed by atoms with Gasteiger partial charge in [0.15, 0.2) is 0 Å². The third kappa shape index (κ3) is 5.61. The molecule has 4 heteroatoms. The zero-order valence-corrected chi connectivity index (χ0v) is 13.1. The molecular weight excluding hydrogens is 266 g/mol. The second kappa shape index (κ2) is 7.39. The lowest BCUT2D eigenvalue weighted by atomic mass is 10.1. The predicted octanol–water partition coefficient (Wildman–Crippen LogP) is 3.97. The zero-order valence-electron chi connectivity index (χ0n) is 11.5. The fourth-order valence-corrected chi connectivity index (χ4v) is 2.79. The SMILES string of the molecule is COCCSc1c(Cl)cccc1CNC(C)(C)C. The largest absolute Gasteiger partial charge is 0.384 e. The molecule has 0 saturated carbocycles. The van der Waals surface area contributed by atoms with Crippen molar-refractivity contribution in [3.8, 4) is 0 Å². The van der Waals surface area contributed by atoms with Crippen molar-refractivity contribution in [3.05, 3.63) is 28.8 Å². The fraction of sp³-hybridized carbons (Fsp3) is 0.571. The molecule has 0 aliphatic heterocycles. The van der Waals surface area contributed by atoms with Gasteiger partial charge in [-0.2, -0.15) is 0 Å². The Bertz CT molecular complexity index is 377. The van der Waals surface area contributed by atoms with Gasteiger partial charge in [-0.05, 0) is 32.4 Å². The summed E-state index contributed by atoms with van der Waals surface area (Å²) in [5, 5.41) is 4.32. The fourth-order valence-electron chi connectivity index (χ4n) is 1.44. The van der Waals surface area contributed by atoms with Crippen LogP contribution in [0.15, 0.2) is 23.1 Å². The summed E-state index contributed by atoms with van der Waals surface area (Å²) in [6.07, 6.45) is 0. The summed E-state index contributed by atoms with van der Waals surface area (Å²) in [5.41, 5.74) is 1.36. The smallest absolute Gasteiger partial charge is 0.0556 e. The van der Waals surface area contributed by atoms with Gasteiger partial charge in [0.1, 0.15) is 0 Å². The summed E-state index contributed by atoms with van der Waals surface area (Å²) in [7, 11) is 1.72. The van der Waals surface area contributed by atoms with Crippen molar-refractivity contribution in [1.29, 1.82) is 0 Å². The van der Waals surface area contributed by atoms with Gasteiger partial charge >= 0.3 is 0 Å². The first-order valence-electron chi connectivity index (χ1n) is 6.08. The molecular formula is C14H22ClNOS. The van der Waals surface area contributed by atoms with E-state index in [2.05, 4.69) is 32.2 Å². The van der Waals surface area contributed by atoms with Crippen LogP contribution in [-0.4, -0.2) is 25.0 Å². The predicted molar refractivity (Wildman–Crippen MR) is 80.6 cm³/mol. The number of hydrogen-bond acceptors (Lipinski definition) is 3. The van der Waals surface area contributed by atoms with E-state index in [-0.39, 0.29) is 5.54 Å². The van der Waals surface area contributed by atoms with Crippen molar-refractivity contribution >= 4 is 23.4 Å². The molecule has 0 heterocycles. The molecule has 0 bridgehead atoms. The lowest BCUT2D eigenvalue weighted by Gasteiger charge is -2.22. The topological polar surface area (TPSA) is 21.3 Å². The molecule has 0 unspecified atom stereocenters. The zero-order chi connectivity index (χ0) is 13.6. The van der Waals surface area contributed by atoms with E-state index in [0.717, 1.165) is 28.8 Å². The Balaban J connectivity index is 2.73. The second-order valence-electron chi connectivity index (χ2n) is 5.17. The molecule has 0 saturated heterocycles. The van der Waals surface area contributed by atoms with Gasteiger partial charge in [-0.1, -0.05) is 23.7 Å². The molecule has 1 N–H and O–H groups in total. The van der Waals surface area contributed by atoms with Gasteiger partial charge < -0.3 is 10.1 Å². The van der Waals surface area contributed by atoms with Crippen molar-refractivity contribution in [3.63, 3.8) is 0 Å². The van der Waals surface area contributed by atoms with Crippen LogP contribution in [0, 0.1) is 0 Å². The van der Waals surface area contributed by atoms with Crippen LogP contribution in [0.1, 0.15) is 26.3 Å². The van der Waals surface area contributed by atoms with Gasteiger partial charge in [-0.15, -0.1) is 11.8 Å². The maximum absolute atomic E-state index is 6.27. The Kier molecular flexibility index (Phi) is 6.50. The van der Waals surface area contributed by atoms with Crippen LogP contribution in [0.4, 0.5) is 0 Å². The first-order valence-corrected chi connectivity index (χ1v) is 7.44. The van der Waals surface area contributed by atoms with Crippen LogP contribution < -0.4 is 5.32 Å². The lowest BCUT2D eigenvalue weighted by Crippen LogP contribution is -2.35. The van der Waals surface area contributed by atoms with E-state index in [1.54, 1.807) is 18.9 Å². The summed E-state index contributed by atoms with van der Waals surface area (Å²) in [6.45, 7) is 8.06. The summed E-state index contributed by atoms with van der Waals surface area (Å²) >= 11 is 8.02. The Morgan fingerprint density at radius 1 is 1.33 bits per heavy atom. The molecule has 0 aliphatic carbocycles. The normalized spacial score (nSPS) is 11.8. The molecule has 0 radical (unpaired) electrons. The van der Waals surface area contributed by atoms with E-state index in [9.17, 15) is 0 Å². The minimum Gasteiger partial charge on any atom is -0.384 e. The van der Waals surface area contributed by atoms with Gasteiger partial charge in [-0.25, -0.2) is 0 Å². The van der Waals surface area contributed by atoms with Crippen molar-refractivity contribution in [2.45, 2.75) is 37.8 Å². The molecule has 1 aromatic rings. The lowest BCUT2D eigenvalue weighted by molar-refractivity contribution is 0.218. The molecule has 1 aromatic carbocycles. The van der Waals surface area contributed by atoms with E-state index in [4.69, 9.17) is 16.3 Å². The standard InChI is InChI=1S/C14H22ClNOS/c1-14(2,3)16-10-11-6-5-7-12(15)13(11)18-9-8-17-4/h5-7,16H,8-10H2,1-4H3. The highest BCUT2D eigenvalue weighted by atomic mass is 35.5. The number of benzene rings is 1. The number of thioether (sulfide) groups is 1. The molecule has 0 aliphatic rings. The second-order valence-corrected chi connectivity index (χ2v) is 6.69. The van der Waals surface area contributed by atoms with Crippen molar-refractivity contribution < 1.29 is 4.74 Å². The Morgan fingerprint density at radius 2 is 2.06 bits per heavy atom. The molecule has 0 amide bonds. The van der Waals surface area contributed by atoms with Gasteiger partial charge in [-0.3, -0.25) is 0 Å². The van der Waals surface area contributed by atoms with Crippen LogP contribution >= 0.6 is 23.4 Å². The molecule has 2 nitrogen and oxygen atoms in total. The van der Waals surface area contributed by atoms with Gasteiger partial charge in [0.05, 0.1) is 11.6 Å². The van der Waals surface area contributed by atoms with E-state index in [1.165, 1.54) is 5.56 Å². The molecule has 0 atom stereocenters. The van der Waals surface area contributed by atoms with Gasteiger partial charge in [0, 0.05) is 29.8 Å². The number of hydrogen-bond donors (Lipinski definition) is 1. The highest BCUT2D eigenvalue weighted by Crippen LogP contribution is 2.30. The highest BCUT2D eigenvalue weighted by Gasteiger charge is 2.12. The van der Waals surface area contributed by atoms with E-state index >= 15 is 0 Å². The number of halogens is 1. The number of rotatable bonds is 6. The van der Waals surface area contributed by atoms with E-state index in [0.29, 0.717) is 0 Å². The first kappa shape index (κ1) is 15.8. The van der Waals surface area contributed by atoms with E-state index in [1.807, 2.05) is 12.1 Å². The Hall–Kier alpha value is -0.220. The molecule has 0 fully saturated rings. The van der Waals surface area contributed by atoms with Crippen molar-refractivity contribution in [1.82, 2.24) is 5.32 Å². The van der Waals surface area contributed by atoms with Crippen LogP contribution in [0.5, 0.6) is 0 Å². The average molecular weight is 288 g/mol. The van der Waals surface area contributed by atoms with Crippen LogP contribution in [0.3, 0.4) is 0 Å². The van der Waals surface area contributed by atoms with Gasteiger partial charge in [0.25, 0.3) is 0 Å². The Morgan fingerprint density at radius 3 is 2.67 bits per heavy atom. The summed E-state index contributed by atoms with van der Waals surface area (Å²) in [5.74, 6) is 0.919. The summed E-state index contributed by atoms with van der Waals surface area (Å²) < 4.78 is 5.08. The van der Waals surface area contributed by atoms with Gasteiger partial charge in [0.2, 0.25) is 0 Å². The third-order valence-corrected chi connectivity index (χ3v) is 3.96. The highest BCUT2D eigenvalue weighted by molar-refractivity contribution is 7.99. The van der Waals surface area contributed by atoms with Crippen molar-refractivity contribution in [2.24, 2.45) is 0 Å². The minimum absolute atomic E-state index is 0.108. The summed E-state index contributed by atoms with van der Waals surface area (Å²) in [6, 6.07) is 6.07. The maximum atomic E-state index is 6.27. The number of ether oxygens (including phenoxy) is 1. The minimum atomic E-state index is 0.108. The molecule has 1 rings (SSSR count). The average Bonchev–Trinajstić information content (AvgIpc) is 2.28. The number of nitrogens with one attached hydrogen (secondary N) is 1. The van der Waals surface area contributed by atoms with Crippen LogP contribution in [0.2, 0.25) is 5.02 Å². The Labute approximate surface area is 119 Å². The molecule has 0 aromatic heterocycles. The third-order valence-electron chi connectivity index (χ3n) is 2.39. The molecule has 102 valence electrons. The van der Waals surface area contributed by atoms with Crippen molar-refractivity contribution in [2.75, 3.05) is 19.5 Å². The quantitative estimate of drug-likeness (QED) is 0.632. The van der Waals surface area contributed by atoms with Crippen LogP contribution in [0.25, 0.3) is 0 Å². The molecule has 0 spiro atoms. The number of methoxy groups -OCH3 is 1. The monoisotopic (exact) mass is 287 g/mol. The maximum Gasteiger partial charge on any atom is 0.0556 e. The van der Waals surface area contributed by atoms with Crippen LogP contribution in [-0.2, 0) is 11.3 Å². The van der Waals surface area contributed by atoms with E-state index < -0.39 is 0 Å².